The van der Waals surface area contributed by atoms with Gasteiger partial charge >= 0.3 is 0 Å². The van der Waals surface area contributed by atoms with Crippen molar-refractivity contribution in [3.8, 4) is 0 Å². The highest BCUT2D eigenvalue weighted by Crippen LogP contribution is 2.30. The van der Waals surface area contributed by atoms with Gasteiger partial charge in [0.25, 0.3) is 0 Å². The van der Waals surface area contributed by atoms with Gasteiger partial charge < -0.3 is 0 Å². The number of halogens is 2. The first-order valence-electron chi connectivity index (χ1n) is 4.35. The molecular formula is C11H10BrF. The van der Waals surface area contributed by atoms with E-state index in [2.05, 4.69) is 15.9 Å². The molecule has 0 aromatic heterocycles. The van der Waals surface area contributed by atoms with Crippen molar-refractivity contribution in [2.75, 3.05) is 0 Å². The molecule has 0 amide bonds. The largest absolute Gasteiger partial charge is 0.247 e. The maximum atomic E-state index is 12.9. The van der Waals surface area contributed by atoms with Crippen molar-refractivity contribution in [3.05, 3.63) is 40.4 Å². The molecule has 68 valence electrons. The van der Waals surface area contributed by atoms with Gasteiger partial charge in [-0.3, -0.25) is 0 Å². The molecule has 0 heterocycles. The SMILES string of the molecule is F[C@H]1CC=C(c2ccc(Br)cc2)C1. The van der Waals surface area contributed by atoms with Crippen LogP contribution in [0.3, 0.4) is 0 Å². The van der Waals surface area contributed by atoms with Gasteiger partial charge in [-0.2, -0.15) is 0 Å². The van der Waals surface area contributed by atoms with E-state index in [4.69, 9.17) is 0 Å². The van der Waals surface area contributed by atoms with Crippen molar-refractivity contribution in [2.45, 2.75) is 19.0 Å². The summed E-state index contributed by atoms with van der Waals surface area (Å²) < 4.78 is 13.9. The molecule has 1 aromatic carbocycles. The molecule has 1 aromatic rings. The minimum atomic E-state index is -0.668. The fraction of sp³-hybridized carbons (Fsp3) is 0.273. The van der Waals surface area contributed by atoms with E-state index in [1.54, 1.807) is 0 Å². The van der Waals surface area contributed by atoms with Crippen molar-refractivity contribution in [1.29, 1.82) is 0 Å². The summed E-state index contributed by atoms with van der Waals surface area (Å²) in [5.74, 6) is 0. The zero-order chi connectivity index (χ0) is 9.26. The van der Waals surface area contributed by atoms with Crippen LogP contribution in [0.15, 0.2) is 34.8 Å². The first-order valence-corrected chi connectivity index (χ1v) is 5.14. The van der Waals surface area contributed by atoms with Crippen LogP contribution in [0.4, 0.5) is 4.39 Å². The number of hydrogen-bond donors (Lipinski definition) is 0. The quantitative estimate of drug-likeness (QED) is 0.697. The second-order valence-electron chi connectivity index (χ2n) is 3.27. The van der Waals surface area contributed by atoms with Crippen LogP contribution in [-0.2, 0) is 0 Å². The molecule has 0 aliphatic heterocycles. The fourth-order valence-corrected chi connectivity index (χ4v) is 1.84. The van der Waals surface area contributed by atoms with Crippen molar-refractivity contribution in [1.82, 2.24) is 0 Å². The molecular weight excluding hydrogens is 231 g/mol. The lowest BCUT2D eigenvalue weighted by Gasteiger charge is -2.02. The van der Waals surface area contributed by atoms with Gasteiger partial charge in [0, 0.05) is 10.9 Å². The Morgan fingerprint density at radius 1 is 1.23 bits per heavy atom. The van der Waals surface area contributed by atoms with Gasteiger partial charge in [0.15, 0.2) is 0 Å². The zero-order valence-electron chi connectivity index (χ0n) is 7.13. The standard InChI is InChI=1S/C11H10BrF/c12-10-4-1-8(2-5-10)9-3-6-11(13)7-9/h1-5,11H,6-7H2/t11-/m0/s1. The molecule has 1 aliphatic carbocycles. The van der Waals surface area contributed by atoms with Gasteiger partial charge in [-0.15, -0.1) is 0 Å². The van der Waals surface area contributed by atoms with Crippen LogP contribution in [0.25, 0.3) is 5.57 Å². The normalized spacial score (nSPS) is 21.7. The van der Waals surface area contributed by atoms with Gasteiger partial charge in [-0.05, 0) is 29.7 Å². The lowest BCUT2D eigenvalue weighted by Crippen LogP contribution is -1.90. The Kier molecular flexibility index (Phi) is 2.49. The first-order chi connectivity index (χ1) is 6.25. The van der Waals surface area contributed by atoms with Crippen LogP contribution in [-0.4, -0.2) is 6.17 Å². The second-order valence-corrected chi connectivity index (χ2v) is 4.19. The van der Waals surface area contributed by atoms with Gasteiger partial charge in [0.2, 0.25) is 0 Å². The van der Waals surface area contributed by atoms with E-state index >= 15 is 0 Å². The summed E-state index contributed by atoms with van der Waals surface area (Å²) in [6, 6.07) is 8.02. The van der Waals surface area contributed by atoms with Crippen LogP contribution in [0.1, 0.15) is 18.4 Å². The Labute approximate surface area is 85.6 Å². The molecule has 0 bridgehead atoms. The Balaban J connectivity index is 2.22. The number of benzene rings is 1. The molecule has 0 saturated carbocycles. The van der Waals surface area contributed by atoms with Crippen LogP contribution >= 0.6 is 15.9 Å². The highest BCUT2D eigenvalue weighted by Gasteiger charge is 2.16. The third kappa shape index (κ3) is 1.99. The molecule has 0 radical (unpaired) electrons. The highest BCUT2D eigenvalue weighted by atomic mass is 79.9. The summed E-state index contributed by atoms with van der Waals surface area (Å²) >= 11 is 3.37. The summed E-state index contributed by atoms with van der Waals surface area (Å²) in [7, 11) is 0. The average Bonchev–Trinajstić information content (AvgIpc) is 2.53. The number of rotatable bonds is 1. The van der Waals surface area contributed by atoms with Crippen LogP contribution in [0, 0.1) is 0 Å². The molecule has 2 heteroatoms. The Hall–Kier alpha value is -0.630. The lowest BCUT2D eigenvalue weighted by molar-refractivity contribution is 0.355. The van der Waals surface area contributed by atoms with E-state index in [1.165, 1.54) is 0 Å². The van der Waals surface area contributed by atoms with E-state index in [9.17, 15) is 4.39 Å². The third-order valence-corrected chi connectivity index (χ3v) is 2.81. The molecule has 0 spiro atoms. The van der Waals surface area contributed by atoms with E-state index in [0.29, 0.717) is 12.8 Å². The van der Waals surface area contributed by atoms with Crippen molar-refractivity contribution < 1.29 is 4.39 Å². The van der Waals surface area contributed by atoms with Crippen molar-refractivity contribution in [2.24, 2.45) is 0 Å². The number of hydrogen-bond acceptors (Lipinski definition) is 0. The van der Waals surface area contributed by atoms with E-state index in [-0.39, 0.29) is 0 Å². The van der Waals surface area contributed by atoms with E-state index in [0.717, 1.165) is 15.6 Å². The summed E-state index contributed by atoms with van der Waals surface area (Å²) in [5.41, 5.74) is 2.28. The van der Waals surface area contributed by atoms with Crippen molar-refractivity contribution >= 4 is 21.5 Å². The number of allylic oxidation sites excluding steroid dienone is 2. The molecule has 0 N–H and O–H groups in total. The molecule has 0 unspecified atom stereocenters. The minimum Gasteiger partial charge on any atom is -0.247 e. The maximum Gasteiger partial charge on any atom is 0.108 e. The van der Waals surface area contributed by atoms with Crippen LogP contribution < -0.4 is 0 Å². The summed E-state index contributed by atoms with van der Waals surface area (Å²) in [6.45, 7) is 0. The first kappa shape index (κ1) is 8.95. The Bertz CT molecular complexity index is 326. The van der Waals surface area contributed by atoms with Gasteiger partial charge in [-0.1, -0.05) is 34.1 Å². The summed E-state index contributed by atoms with van der Waals surface area (Å²) in [6.07, 6.45) is 2.47. The molecule has 0 saturated heterocycles. The molecule has 1 atom stereocenters. The van der Waals surface area contributed by atoms with Gasteiger partial charge in [-0.25, -0.2) is 4.39 Å². The van der Waals surface area contributed by atoms with Gasteiger partial charge in [0.05, 0.1) is 0 Å². The highest BCUT2D eigenvalue weighted by molar-refractivity contribution is 9.10. The predicted molar refractivity (Wildman–Crippen MR) is 56.2 cm³/mol. The zero-order valence-corrected chi connectivity index (χ0v) is 8.72. The monoisotopic (exact) mass is 240 g/mol. The number of alkyl halides is 1. The Morgan fingerprint density at radius 2 is 1.92 bits per heavy atom. The third-order valence-electron chi connectivity index (χ3n) is 2.28. The maximum absolute atomic E-state index is 12.9. The molecule has 0 nitrogen and oxygen atoms in total. The van der Waals surface area contributed by atoms with Crippen molar-refractivity contribution in [3.63, 3.8) is 0 Å². The average molecular weight is 241 g/mol. The smallest absolute Gasteiger partial charge is 0.108 e. The molecule has 1 aliphatic rings. The van der Waals surface area contributed by atoms with E-state index < -0.39 is 6.17 Å². The van der Waals surface area contributed by atoms with E-state index in [1.807, 2.05) is 30.3 Å². The molecule has 0 fully saturated rings. The summed E-state index contributed by atoms with van der Waals surface area (Å²) in [5, 5.41) is 0. The molecule has 2 rings (SSSR count). The Morgan fingerprint density at radius 3 is 2.46 bits per heavy atom. The van der Waals surface area contributed by atoms with Crippen LogP contribution in [0.2, 0.25) is 0 Å². The lowest BCUT2D eigenvalue weighted by atomic mass is 10.1. The van der Waals surface area contributed by atoms with Crippen LogP contribution in [0.5, 0.6) is 0 Å². The predicted octanol–water partition coefficient (Wildman–Crippen LogP) is 3.96. The second kappa shape index (κ2) is 3.62. The minimum absolute atomic E-state index is 0.571. The molecule has 13 heavy (non-hydrogen) atoms. The fourth-order valence-electron chi connectivity index (χ4n) is 1.58. The van der Waals surface area contributed by atoms with Gasteiger partial charge in [0.1, 0.15) is 6.17 Å². The topological polar surface area (TPSA) is 0 Å². The summed E-state index contributed by atoms with van der Waals surface area (Å²) in [4.78, 5) is 0.